The van der Waals surface area contributed by atoms with Crippen molar-refractivity contribution in [3.8, 4) is 0 Å². The smallest absolute Gasteiger partial charge is 0.326 e. The van der Waals surface area contributed by atoms with Crippen molar-refractivity contribution >= 4 is 5.97 Å². The first-order valence-electron chi connectivity index (χ1n) is 3.89. The average Bonchev–Trinajstić information content (AvgIpc) is 2.47. The van der Waals surface area contributed by atoms with Gasteiger partial charge in [0, 0.05) is 13.7 Å². The minimum absolute atomic E-state index is 0.184. The van der Waals surface area contributed by atoms with Gasteiger partial charge in [-0.1, -0.05) is 0 Å². The van der Waals surface area contributed by atoms with Crippen molar-refractivity contribution in [2.24, 2.45) is 0 Å². The van der Waals surface area contributed by atoms with Crippen molar-refractivity contribution in [3.05, 3.63) is 0 Å². The Hall–Kier alpha value is -0.650. The Labute approximate surface area is 70.0 Å². The standard InChI is InChI=1S/C7H11NO4/c1-10-5-2-8-6-4(12-5)3-11-7(6)9/h4-6,8H,2-3H2,1H3/t4-,5+,6-/m1/s1. The third kappa shape index (κ3) is 1.20. The lowest BCUT2D eigenvalue weighted by Crippen LogP contribution is -2.53. The number of carbonyl (C=O) groups is 1. The first kappa shape index (κ1) is 7.97. The van der Waals surface area contributed by atoms with Gasteiger partial charge in [0.25, 0.3) is 0 Å². The van der Waals surface area contributed by atoms with E-state index in [-0.39, 0.29) is 24.4 Å². The third-order valence-electron chi connectivity index (χ3n) is 2.11. The Morgan fingerprint density at radius 1 is 1.67 bits per heavy atom. The zero-order chi connectivity index (χ0) is 8.55. The number of hydrogen-bond acceptors (Lipinski definition) is 5. The Bertz CT molecular complexity index is 196. The van der Waals surface area contributed by atoms with Crippen LogP contribution in [-0.4, -0.2) is 44.7 Å². The molecule has 0 saturated carbocycles. The van der Waals surface area contributed by atoms with E-state index >= 15 is 0 Å². The zero-order valence-corrected chi connectivity index (χ0v) is 6.78. The highest BCUT2D eigenvalue weighted by Crippen LogP contribution is 2.17. The van der Waals surface area contributed by atoms with Crippen LogP contribution in [0.1, 0.15) is 0 Å². The fourth-order valence-electron chi connectivity index (χ4n) is 1.44. The number of hydrogen-bond donors (Lipinski definition) is 1. The summed E-state index contributed by atoms with van der Waals surface area (Å²) in [6, 6.07) is -0.295. The second-order valence-electron chi connectivity index (χ2n) is 2.86. The van der Waals surface area contributed by atoms with E-state index in [4.69, 9.17) is 14.2 Å². The maximum atomic E-state index is 11.0. The molecule has 68 valence electrons. The maximum absolute atomic E-state index is 11.0. The molecule has 5 heteroatoms. The molecule has 0 bridgehead atoms. The molecule has 5 nitrogen and oxygen atoms in total. The van der Waals surface area contributed by atoms with Gasteiger partial charge in [-0.3, -0.25) is 10.1 Å². The predicted molar refractivity (Wildman–Crippen MR) is 38.4 cm³/mol. The first-order valence-corrected chi connectivity index (χ1v) is 3.89. The van der Waals surface area contributed by atoms with E-state index in [9.17, 15) is 4.79 Å². The van der Waals surface area contributed by atoms with E-state index in [1.165, 1.54) is 0 Å². The van der Waals surface area contributed by atoms with Gasteiger partial charge in [0.05, 0.1) is 0 Å². The molecular formula is C7H11NO4. The van der Waals surface area contributed by atoms with Crippen molar-refractivity contribution in [2.45, 2.75) is 18.4 Å². The fourth-order valence-corrected chi connectivity index (χ4v) is 1.44. The lowest BCUT2D eigenvalue weighted by molar-refractivity contribution is -0.175. The van der Waals surface area contributed by atoms with E-state index in [2.05, 4.69) is 5.32 Å². The van der Waals surface area contributed by atoms with Crippen LogP contribution in [0.3, 0.4) is 0 Å². The molecule has 0 aromatic rings. The minimum Gasteiger partial charge on any atom is -0.462 e. The number of ether oxygens (including phenoxy) is 3. The van der Waals surface area contributed by atoms with E-state index < -0.39 is 0 Å². The van der Waals surface area contributed by atoms with Crippen LogP contribution in [0.4, 0.5) is 0 Å². The molecular weight excluding hydrogens is 162 g/mol. The summed E-state index contributed by atoms with van der Waals surface area (Å²) >= 11 is 0. The number of methoxy groups -OCH3 is 1. The lowest BCUT2D eigenvalue weighted by atomic mass is 10.2. The van der Waals surface area contributed by atoms with Crippen LogP contribution < -0.4 is 5.32 Å². The van der Waals surface area contributed by atoms with Crippen LogP contribution in [0.25, 0.3) is 0 Å². The molecule has 1 N–H and O–H groups in total. The van der Waals surface area contributed by atoms with Gasteiger partial charge in [-0.15, -0.1) is 0 Å². The van der Waals surface area contributed by atoms with Crippen molar-refractivity contribution in [1.29, 1.82) is 0 Å². The minimum atomic E-state index is -0.295. The normalized spacial score (nSPS) is 40.8. The SMILES string of the molecule is CO[C@@H]1CN[C@H]2C(=O)OC[C@H]2O1. The van der Waals surface area contributed by atoms with Crippen LogP contribution >= 0.6 is 0 Å². The van der Waals surface area contributed by atoms with Crippen LogP contribution in [0, 0.1) is 0 Å². The first-order chi connectivity index (χ1) is 5.81. The number of morpholine rings is 1. The van der Waals surface area contributed by atoms with Gasteiger partial charge >= 0.3 is 5.97 Å². The molecule has 2 heterocycles. The van der Waals surface area contributed by atoms with Gasteiger partial charge < -0.3 is 14.2 Å². The molecule has 0 amide bonds. The van der Waals surface area contributed by atoms with E-state index in [1.54, 1.807) is 7.11 Å². The summed E-state index contributed by atoms with van der Waals surface area (Å²) in [5.74, 6) is -0.227. The second kappa shape index (κ2) is 3.01. The molecule has 0 aliphatic carbocycles. The maximum Gasteiger partial charge on any atom is 0.326 e. The Morgan fingerprint density at radius 3 is 3.25 bits per heavy atom. The molecule has 0 aromatic heterocycles. The van der Waals surface area contributed by atoms with Crippen molar-refractivity contribution in [2.75, 3.05) is 20.3 Å². The van der Waals surface area contributed by atoms with E-state index in [0.717, 1.165) is 0 Å². The molecule has 0 aromatic carbocycles. The topological polar surface area (TPSA) is 56.8 Å². The van der Waals surface area contributed by atoms with Crippen LogP contribution in [0.15, 0.2) is 0 Å². The molecule has 0 spiro atoms. The second-order valence-corrected chi connectivity index (χ2v) is 2.86. The third-order valence-corrected chi connectivity index (χ3v) is 2.11. The van der Waals surface area contributed by atoms with E-state index in [0.29, 0.717) is 13.2 Å². The number of nitrogens with one attached hydrogen (secondary N) is 1. The molecule has 0 radical (unpaired) electrons. The predicted octanol–water partition coefficient (Wildman–Crippen LogP) is -1.13. The monoisotopic (exact) mass is 173 g/mol. The molecule has 2 aliphatic rings. The molecule has 3 atom stereocenters. The van der Waals surface area contributed by atoms with Gasteiger partial charge in [-0.25, -0.2) is 0 Å². The number of rotatable bonds is 1. The number of esters is 1. The van der Waals surface area contributed by atoms with Gasteiger partial charge in [-0.2, -0.15) is 0 Å². The van der Waals surface area contributed by atoms with E-state index in [1.807, 2.05) is 0 Å². The van der Waals surface area contributed by atoms with Crippen LogP contribution in [0.5, 0.6) is 0 Å². The molecule has 2 rings (SSSR count). The van der Waals surface area contributed by atoms with Crippen LogP contribution in [-0.2, 0) is 19.0 Å². The summed E-state index contributed by atoms with van der Waals surface area (Å²) in [5, 5.41) is 3.01. The lowest BCUT2D eigenvalue weighted by Gasteiger charge is -2.29. The summed E-state index contributed by atoms with van der Waals surface area (Å²) in [5.41, 5.74) is 0. The summed E-state index contributed by atoms with van der Waals surface area (Å²) < 4.78 is 15.2. The van der Waals surface area contributed by atoms with Gasteiger partial charge in [0.15, 0.2) is 6.29 Å². The fraction of sp³-hybridized carbons (Fsp3) is 0.857. The molecule has 0 unspecified atom stereocenters. The van der Waals surface area contributed by atoms with Crippen molar-refractivity contribution in [3.63, 3.8) is 0 Å². The van der Waals surface area contributed by atoms with Gasteiger partial charge in [0.1, 0.15) is 18.8 Å². The van der Waals surface area contributed by atoms with Crippen molar-refractivity contribution < 1.29 is 19.0 Å². The van der Waals surface area contributed by atoms with Gasteiger partial charge in [0.2, 0.25) is 0 Å². The number of cyclic esters (lactones) is 1. The van der Waals surface area contributed by atoms with Crippen molar-refractivity contribution in [1.82, 2.24) is 5.32 Å². The summed E-state index contributed by atoms with van der Waals surface area (Å²) in [6.45, 7) is 0.864. The highest BCUT2D eigenvalue weighted by Gasteiger charge is 2.42. The highest BCUT2D eigenvalue weighted by molar-refractivity contribution is 5.78. The molecule has 2 fully saturated rings. The highest BCUT2D eigenvalue weighted by atomic mass is 16.7. The van der Waals surface area contributed by atoms with Crippen LogP contribution in [0.2, 0.25) is 0 Å². The summed E-state index contributed by atoms with van der Waals surface area (Å²) in [4.78, 5) is 11.0. The zero-order valence-electron chi connectivity index (χ0n) is 6.78. The molecule has 2 saturated heterocycles. The largest absolute Gasteiger partial charge is 0.462 e. The number of fused-ring (bicyclic) bond motifs is 1. The molecule has 12 heavy (non-hydrogen) atoms. The Morgan fingerprint density at radius 2 is 2.50 bits per heavy atom. The Kier molecular flexibility index (Phi) is 2.00. The Balaban J connectivity index is 1.99. The average molecular weight is 173 g/mol. The quantitative estimate of drug-likeness (QED) is 0.509. The number of carbonyl (C=O) groups excluding carboxylic acids is 1. The molecule has 2 aliphatic heterocycles. The summed E-state index contributed by atoms with van der Waals surface area (Å²) in [7, 11) is 1.57. The van der Waals surface area contributed by atoms with Gasteiger partial charge in [-0.05, 0) is 0 Å². The summed E-state index contributed by atoms with van der Waals surface area (Å²) in [6.07, 6.45) is -0.447.